The van der Waals surface area contributed by atoms with Gasteiger partial charge in [0.2, 0.25) is 0 Å². The van der Waals surface area contributed by atoms with Gasteiger partial charge in [-0.25, -0.2) is 4.99 Å². The summed E-state index contributed by atoms with van der Waals surface area (Å²) in [6.45, 7) is 2.33. The van der Waals surface area contributed by atoms with Crippen LogP contribution in [0.1, 0.15) is 19.3 Å². The smallest absolute Gasteiger partial charge is 0.164 e. The fourth-order valence-electron chi connectivity index (χ4n) is 1.79. The molecule has 1 heterocycles. The number of hydrogen-bond donors (Lipinski definition) is 0. The van der Waals surface area contributed by atoms with Gasteiger partial charge in [0.15, 0.2) is 5.71 Å². The molecule has 0 unspecified atom stereocenters. The third-order valence-corrected chi connectivity index (χ3v) is 2.84. The van der Waals surface area contributed by atoms with Crippen molar-refractivity contribution >= 4 is 11.4 Å². The molecule has 0 aromatic heterocycles. The highest BCUT2D eigenvalue weighted by molar-refractivity contribution is 6.14. The molecule has 2 rings (SSSR count). The number of aliphatic imine (C=N–C) groups is 1. The Morgan fingerprint density at radius 3 is 2.05 bits per heavy atom. The predicted octanol–water partition coefficient (Wildman–Crippen LogP) is 2.98. The molecule has 0 atom stereocenters. The summed E-state index contributed by atoms with van der Waals surface area (Å²) in [6.07, 6.45) is 3.20. The molecule has 0 amide bonds. The summed E-state index contributed by atoms with van der Waals surface area (Å²) in [5.74, 6) is 11.9. The predicted molar refractivity (Wildman–Crippen MR) is 84.6 cm³/mol. The van der Waals surface area contributed by atoms with Gasteiger partial charge in [0, 0.05) is 13.2 Å². The van der Waals surface area contributed by atoms with Crippen molar-refractivity contribution in [3.8, 4) is 23.7 Å². The molecule has 0 aliphatic carbocycles. The van der Waals surface area contributed by atoms with Crippen LogP contribution in [0.3, 0.4) is 0 Å². The molecule has 1 aromatic rings. The van der Waals surface area contributed by atoms with Crippen LogP contribution in [0.5, 0.6) is 0 Å². The summed E-state index contributed by atoms with van der Waals surface area (Å²) in [5, 5.41) is 0. The van der Waals surface area contributed by atoms with Gasteiger partial charge in [-0.2, -0.15) is 0 Å². The van der Waals surface area contributed by atoms with E-state index in [1.54, 1.807) is 0 Å². The molecule has 108 valence electrons. The van der Waals surface area contributed by atoms with E-state index >= 15 is 0 Å². The van der Waals surface area contributed by atoms with Crippen molar-refractivity contribution in [2.45, 2.75) is 19.3 Å². The van der Waals surface area contributed by atoms with Crippen molar-refractivity contribution in [2.75, 3.05) is 26.4 Å². The zero-order chi connectivity index (χ0) is 14.6. The van der Waals surface area contributed by atoms with Gasteiger partial charge in [-0.15, -0.1) is 0 Å². The Kier molecular flexibility index (Phi) is 7.13. The van der Waals surface area contributed by atoms with Crippen LogP contribution in [0.2, 0.25) is 0 Å². The largest absolute Gasteiger partial charge is 0.369 e. The fourth-order valence-corrected chi connectivity index (χ4v) is 1.79. The van der Waals surface area contributed by atoms with Crippen molar-refractivity contribution in [1.29, 1.82) is 0 Å². The van der Waals surface area contributed by atoms with Crippen molar-refractivity contribution in [3.05, 3.63) is 30.3 Å². The lowest BCUT2D eigenvalue weighted by atomic mass is 10.2. The molecule has 0 radical (unpaired) electrons. The first-order valence-electron chi connectivity index (χ1n) is 7.22. The van der Waals surface area contributed by atoms with E-state index in [1.807, 2.05) is 30.3 Å². The maximum absolute atomic E-state index is 5.46. The highest BCUT2D eigenvalue weighted by atomic mass is 16.5. The maximum atomic E-state index is 5.46. The van der Waals surface area contributed by atoms with Crippen LogP contribution in [-0.4, -0.2) is 32.1 Å². The minimum absolute atomic E-state index is 0.423. The van der Waals surface area contributed by atoms with Gasteiger partial charge in [0.25, 0.3) is 0 Å². The highest BCUT2D eigenvalue weighted by Gasteiger charge is 1.94. The molecule has 0 saturated carbocycles. The topological polar surface area (TPSA) is 30.8 Å². The zero-order valence-corrected chi connectivity index (χ0v) is 12.1. The van der Waals surface area contributed by atoms with Crippen LogP contribution in [0.15, 0.2) is 35.3 Å². The SMILES string of the molecule is C1#CC(=Nc2ccccc2)C#CCOCCCCCOC1. The van der Waals surface area contributed by atoms with Crippen LogP contribution in [-0.2, 0) is 9.47 Å². The molecule has 3 heteroatoms. The second kappa shape index (κ2) is 9.77. The third-order valence-electron chi connectivity index (χ3n) is 2.84. The van der Waals surface area contributed by atoms with Crippen LogP contribution in [0, 0.1) is 23.7 Å². The van der Waals surface area contributed by atoms with E-state index in [9.17, 15) is 0 Å². The van der Waals surface area contributed by atoms with Crippen LogP contribution in [0.25, 0.3) is 0 Å². The van der Waals surface area contributed by atoms with Crippen LogP contribution < -0.4 is 0 Å². The summed E-state index contributed by atoms with van der Waals surface area (Å²) in [5.41, 5.74) is 1.39. The van der Waals surface area contributed by atoms with Gasteiger partial charge in [-0.05, 0) is 43.2 Å². The first kappa shape index (κ1) is 15.3. The van der Waals surface area contributed by atoms with E-state index in [4.69, 9.17) is 9.47 Å². The van der Waals surface area contributed by atoms with E-state index in [-0.39, 0.29) is 0 Å². The first-order valence-corrected chi connectivity index (χ1v) is 7.22. The number of hydrogen-bond acceptors (Lipinski definition) is 3. The zero-order valence-electron chi connectivity index (χ0n) is 12.1. The number of nitrogens with zero attached hydrogens (tertiary/aromatic N) is 1. The molecule has 1 aliphatic rings. The summed E-state index contributed by atoms with van der Waals surface area (Å²) >= 11 is 0. The maximum Gasteiger partial charge on any atom is 0.164 e. The van der Waals surface area contributed by atoms with Gasteiger partial charge in [0.1, 0.15) is 13.2 Å². The Morgan fingerprint density at radius 1 is 0.810 bits per heavy atom. The van der Waals surface area contributed by atoms with Crippen molar-refractivity contribution in [1.82, 2.24) is 0 Å². The van der Waals surface area contributed by atoms with Gasteiger partial charge in [0.05, 0.1) is 5.69 Å². The van der Waals surface area contributed by atoms with E-state index < -0.39 is 0 Å². The first-order chi connectivity index (χ1) is 10.4. The molecular weight excluding hydrogens is 262 g/mol. The molecule has 1 aliphatic heterocycles. The quantitative estimate of drug-likeness (QED) is 0.741. The number of benzene rings is 1. The van der Waals surface area contributed by atoms with E-state index in [0.717, 1.165) is 38.2 Å². The molecule has 1 aromatic carbocycles. The Morgan fingerprint density at radius 2 is 1.43 bits per heavy atom. The van der Waals surface area contributed by atoms with E-state index in [1.165, 1.54) is 0 Å². The summed E-state index contributed by atoms with van der Waals surface area (Å²) in [7, 11) is 0. The van der Waals surface area contributed by atoms with Crippen LogP contribution >= 0.6 is 0 Å². The molecule has 0 fully saturated rings. The Balaban J connectivity index is 2.09. The van der Waals surface area contributed by atoms with Gasteiger partial charge in [-0.3, -0.25) is 0 Å². The third kappa shape index (κ3) is 6.77. The van der Waals surface area contributed by atoms with Gasteiger partial charge in [-0.1, -0.05) is 30.0 Å². The van der Waals surface area contributed by atoms with Gasteiger partial charge < -0.3 is 9.47 Å². The average Bonchev–Trinajstić information content (AvgIpc) is 2.52. The Labute approximate surface area is 126 Å². The molecule has 0 N–H and O–H groups in total. The second-order valence-corrected chi connectivity index (χ2v) is 4.57. The van der Waals surface area contributed by atoms with Crippen molar-refractivity contribution < 1.29 is 9.47 Å². The van der Waals surface area contributed by atoms with E-state index in [2.05, 4.69) is 28.7 Å². The van der Waals surface area contributed by atoms with Crippen molar-refractivity contribution in [2.24, 2.45) is 4.99 Å². The van der Waals surface area contributed by atoms with Gasteiger partial charge >= 0.3 is 0 Å². The van der Waals surface area contributed by atoms with Crippen LogP contribution in [0.4, 0.5) is 5.69 Å². The summed E-state index contributed by atoms with van der Waals surface area (Å²) < 4.78 is 10.9. The standard InChI is InChI=1S/C18H19NO2/c1-3-9-17(10-4-1)19-18-11-7-15-20-13-5-2-6-14-21-16-8-12-18/h1,3-4,9-10H,2,5-6,13-16H2. The molecule has 0 saturated heterocycles. The lowest BCUT2D eigenvalue weighted by molar-refractivity contribution is 0.144. The summed E-state index contributed by atoms with van der Waals surface area (Å²) in [6, 6.07) is 9.69. The second-order valence-electron chi connectivity index (χ2n) is 4.57. The lowest BCUT2D eigenvalue weighted by Crippen LogP contribution is -2.00. The highest BCUT2D eigenvalue weighted by Crippen LogP contribution is 2.09. The minimum atomic E-state index is 0.423. The molecule has 21 heavy (non-hydrogen) atoms. The van der Waals surface area contributed by atoms with Crippen molar-refractivity contribution in [3.63, 3.8) is 0 Å². The number of rotatable bonds is 1. The molecule has 0 bridgehead atoms. The fraction of sp³-hybridized carbons (Fsp3) is 0.389. The lowest BCUT2D eigenvalue weighted by Gasteiger charge is -2.02. The summed E-state index contributed by atoms with van der Waals surface area (Å²) in [4.78, 5) is 4.45. The average molecular weight is 281 g/mol. The molecular formula is C18H19NO2. The Hall–Kier alpha value is -2.07. The van der Waals surface area contributed by atoms with E-state index in [0.29, 0.717) is 18.9 Å². The Bertz CT molecular complexity index is 540. The normalized spacial score (nSPS) is 16.7. The monoisotopic (exact) mass is 281 g/mol. The number of para-hydroxylation sites is 1. The number of ether oxygens (including phenoxy) is 2. The molecule has 3 nitrogen and oxygen atoms in total. The molecule has 0 spiro atoms. The minimum Gasteiger partial charge on any atom is -0.369 e.